The van der Waals surface area contributed by atoms with Gasteiger partial charge < -0.3 is 4.55 Å². The van der Waals surface area contributed by atoms with Gasteiger partial charge in [0, 0.05) is 0 Å². The summed E-state index contributed by atoms with van der Waals surface area (Å²) in [5.41, 5.74) is 0. The summed E-state index contributed by atoms with van der Waals surface area (Å²) in [6, 6.07) is 0. The SMILES string of the molecule is CCCC[n+]1ccn(CC)c1.O=S(=O)([O-])C(F)(F)C(F)(F)C(F)(F)C(F)(F)F. The van der Waals surface area contributed by atoms with E-state index in [9.17, 15) is 52.5 Å². The second-order valence-corrected chi connectivity index (χ2v) is 6.87. The van der Waals surface area contributed by atoms with Crippen LogP contribution in [0.2, 0.25) is 0 Å². The highest BCUT2D eigenvalue weighted by atomic mass is 32.2. The van der Waals surface area contributed by atoms with Crippen molar-refractivity contribution in [2.75, 3.05) is 0 Å². The fourth-order valence-electron chi connectivity index (χ4n) is 1.62. The van der Waals surface area contributed by atoms with E-state index in [0.29, 0.717) is 0 Å². The lowest BCUT2D eigenvalue weighted by Gasteiger charge is -2.34. The summed E-state index contributed by atoms with van der Waals surface area (Å²) < 4.78 is 140. The maximum absolute atomic E-state index is 12.2. The molecule has 0 amide bonds. The smallest absolute Gasteiger partial charge is 0.460 e. The Labute approximate surface area is 154 Å². The molecule has 0 fully saturated rings. The zero-order chi connectivity index (χ0) is 22.6. The van der Waals surface area contributed by atoms with Crippen LogP contribution in [-0.2, 0) is 23.2 Å². The fourth-order valence-corrected chi connectivity index (χ4v) is 2.06. The van der Waals surface area contributed by atoms with Crippen molar-refractivity contribution in [2.45, 2.75) is 63.1 Å². The molecule has 0 aromatic carbocycles. The first-order valence-electron chi connectivity index (χ1n) is 7.57. The van der Waals surface area contributed by atoms with Gasteiger partial charge in [-0.2, -0.15) is 39.5 Å². The second kappa shape index (κ2) is 8.88. The van der Waals surface area contributed by atoms with E-state index in [0.717, 1.165) is 13.1 Å². The number of rotatable bonds is 7. The van der Waals surface area contributed by atoms with E-state index in [1.54, 1.807) is 0 Å². The molecule has 0 aliphatic rings. The molecular weight excluding hydrogens is 435 g/mol. The quantitative estimate of drug-likeness (QED) is 0.361. The third kappa shape index (κ3) is 5.52. The highest BCUT2D eigenvalue weighted by Crippen LogP contribution is 2.54. The number of hydrogen-bond donors (Lipinski definition) is 0. The molecule has 0 saturated heterocycles. The van der Waals surface area contributed by atoms with Crippen LogP contribution in [0.1, 0.15) is 26.7 Å². The van der Waals surface area contributed by atoms with Gasteiger partial charge in [0.2, 0.25) is 6.33 Å². The minimum atomic E-state index is -7.43. The van der Waals surface area contributed by atoms with Gasteiger partial charge >= 0.3 is 23.3 Å². The first kappa shape index (κ1) is 26.5. The van der Waals surface area contributed by atoms with Crippen LogP contribution in [0.3, 0.4) is 0 Å². The van der Waals surface area contributed by atoms with Crippen molar-refractivity contribution in [1.29, 1.82) is 0 Å². The van der Waals surface area contributed by atoms with Crippen LogP contribution < -0.4 is 4.57 Å². The standard InChI is InChI=1S/C9H17N2.C4HF9O3S/c1-3-5-6-11-8-7-10(4-2)9-11;5-1(6,3(9,10)11)2(7,8)4(12,13)17(14,15)16/h7-9H,3-6H2,1-2H3;(H,14,15,16)/q+1;/p-1. The van der Waals surface area contributed by atoms with Crippen molar-refractivity contribution in [3.8, 4) is 0 Å². The van der Waals surface area contributed by atoms with Crippen LogP contribution in [0, 0.1) is 0 Å². The topological polar surface area (TPSA) is 66.0 Å². The Balaban J connectivity index is 0.000000567. The van der Waals surface area contributed by atoms with Crippen LogP contribution in [0.4, 0.5) is 39.5 Å². The number of imidazole rings is 1. The summed E-state index contributed by atoms with van der Waals surface area (Å²) in [5.74, 6) is -14.8. The first-order valence-corrected chi connectivity index (χ1v) is 8.98. The van der Waals surface area contributed by atoms with Crippen molar-refractivity contribution in [2.24, 2.45) is 0 Å². The summed E-state index contributed by atoms with van der Waals surface area (Å²) in [6.07, 6.45) is 1.80. The molecule has 0 atom stereocenters. The molecule has 1 aromatic heterocycles. The van der Waals surface area contributed by atoms with Crippen molar-refractivity contribution >= 4 is 10.1 Å². The number of halogens is 9. The predicted octanol–water partition coefficient (Wildman–Crippen LogP) is 3.55. The lowest BCUT2D eigenvalue weighted by molar-refractivity contribution is -0.696. The molecule has 0 spiro atoms. The van der Waals surface area contributed by atoms with Gasteiger partial charge in [-0.1, -0.05) is 13.3 Å². The van der Waals surface area contributed by atoms with Crippen LogP contribution in [0.5, 0.6) is 0 Å². The van der Waals surface area contributed by atoms with Gasteiger partial charge in [0.05, 0.1) is 13.1 Å². The summed E-state index contributed by atoms with van der Waals surface area (Å²) in [4.78, 5) is 0. The Kier molecular flexibility index (Phi) is 8.40. The molecule has 166 valence electrons. The Hall–Kier alpha value is -1.51. The van der Waals surface area contributed by atoms with Gasteiger partial charge in [-0.3, -0.25) is 0 Å². The van der Waals surface area contributed by atoms with Gasteiger partial charge in [-0.05, 0) is 13.3 Å². The van der Waals surface area contributed by atoms with E-state index in [1.807, 2.05) is 0 Å². The zero-order valence-corrected chi connectivity index (χ0v) is 15.3. The molecule has 0 bridgehead atoms. The summed E-state index contributed by atoms with van der Waals surface area (Å²) in [5, 5.41) is -7.11. The Morgan fingerprint density at radius 2 is 1.46 bits per heavy atom. The molecule has 0 aliphatic carbocycles. The van der Waals surface area contributed by atoms with E-state index in [2.05, 4.69) is 41.7 Å². The normalized spacial score (nSPS) is 13.9. The summed E-state index contributed by atoms with van der Waals surface area (Å²) in [7, 11) is -7.42. The lowest BCUT2D eigenvalue weighted by Crippen LogP contribution is -2.63. The maximum Gasteiger partial charge on any atom is 0.460 e. The van der Waals surface area contributed by atoms with Gasteiger partial charge in [-0.15, -0.1) is 0 Å². The number of alkyl halides is 9. The molecule has 5 nitrogen and oxygen atoms in total. The molecule has 28 heavy (non-hydrogen) atoms. The molecule has 0 N–H and O–H groups in total. The molecule has 1 rings (SSSR count). The highest BCUT2D eigenvalue weighted by Gasteiger charge is 2.83. The predicted molar refractivity (Wildman–Crippen MR) is 75.8 cm³/mol. The summed E-state index contributed by atoms with van der Waals surface area (Å²) in [6.45, 7) is 6.60. The maximum atomic E-state index is 12.2. The minimum absolute atomic E-state index is 1.07. The van der Waals surface area contributed by atoms with E-state index in [-0.39, 0.29) is 0 Å². The third-order valence-electron chi connectivity index (χ3n) is 3.31. The molecule has 1 heterocycles. The largest absolute Gasteiger partial charge is 0.743 e. The van der Waals surface area contributed by atoms with Crippen molar-refractivity contribution in [1.82, 2.24) is 4.57 Å². The van der Waals surface area contributed by atoms with Crippen LogP contribution in [0.15, 0.2) is 18.7 Å². The first-order chi connectivity index (χ1) is 12.4. The molecule has 0 radical (unpaired) electrons. The van der Waals surface area contributed by atoms with Gasteiger partial charge in [0.25, 0.3) is 0 Å². The Morgan fingerprint density at radius 1 is 0.964 bits per heavy atom. The van der Waals surface area contributed by atoms with Gasteiger partial charge in [-0.25, -0.2) is 17.6 Å². The molecular formula is C13H17F9N2O3S. The fraction of sp³-hybridized carbons (Fsp3) is 0.769. The van der Waals surface area contributed by atoms with Crippen molar-refractivity contribution in [3.63, 3.8) is 0 Å². The van der Waals surface area contributed by atoms with Gasteiger partial charge in [0.15, 0.2) is 10.1 Å². The Bertz CT molecular complexity index is 730. The molecule has 0 aliphatic heterocycles. The van der Waals surface area contributed by atoms with Crippen molar-refractivity contribution < 1.29 is 57.1 Å². The number of nitrogens with zero attached hydrogens (tertiary/aromatic N) is 2. The monoisotopic (exact) mass is 452 g/mol. The Morgan fingerprint density at radius 3 is 1.79 bits per heavy atom. The number of hydrogen-bond acceptors (Lipinski definition) is 3. The number of unbranched alkanes of at least 4 members (excludes halogenated alkanes) is 1. The third-order valence-corrected chi connectivity index (χ3v) is 4.20. The zero-order valence-electron chi connectivity index (χ0n) is 14.5. The van der Waals surface area contributed by atoms with Crippen molar-refractivity contribution in [3.05, 3.63) is 18.7 Å². The molecule has 15 heteroatoms. The molecule has 1 aromatic rings. The lowest BCUT2D eigenvalue weighted by atomic mass is 10.1. The molecule has 0 saturated carbocycles. The minimum Gasteiger partial charge on any atom is -0.743 e. The van der Waals surface area contributed by atoms with E-state index in [4.69, 9.17) is 0 Å². The average Bonchev–Trinajstić information content (AvgIpc) is 2.99. The van der Waals surface area contributed by atoms with E-state index < -0.39 is 33.4 Å². The highest BCUT2D eigenvalue weighted by molar-refractivity contribution is 7.86. The van der Waals surface area contributed by atoms with Crippen LogP contribution in [-0.4, -0.2) is 40.8 Å². The van der Waals surface area contributed by atoms with Crippen LogP contribution >= 0.6 is 0 Å². The van der Waals surface area contributed by atoms with E-state index in [1.165, 1.54) is 12.8 Å². The second-order valence-electron chi connectivity index (χ2n) is 5.45. The number of aromatic nitrogens is 2. The summed E-state index contributed by atoms with van der Waals surface area (Å²) >= 11 is 0. The van der Waals surface area contributed by atoms with Gasteiger partial charge in [0.1, 0.15) is 12.4 Å². The average molecular weight is 452 g/mol. The van der Waals surface area contributed by atoms with Crippen LogP contribution in [0.25, 0.3) is 0 Å². The molecule has 0 unspecified atom stereocenters. The number of aryl methyl sites for hydroxylation is 2. The van der Waals surface area contributed by atoms with E-state index >= 15 is 0 Å².